The number of carbonyl (C=O) groups excluding carboxylic acids is 2. The average molecular weight is 383 g/mol. The molecule has 0 saturated carbocycles. The summed E-state index contributed by atoms with van der Waals surface area (Å²) in [4.78, 5) is 48.0. The lowest BCUT2D eigenvalue weighted by molar-refractivity contribution is -0.385. The molecule has 2 amide bonds. The summed E-state index contributed by atoms with van der Waals surface area (Å²) in [5.74, 6) is -2.04. The molecule has 3 rings (SSSR count). The van der Waals surface area contributed by atoms with E-state index in [1.807, 2.05) is 0 Å². The van der Waals surface area contributed by atoms with E-state index in [9.17, 15) is 29.6 Å². The van der Waals surface area contributed by atoms with Gasteiger partial charge in [0.2, 0.25) is 5.91 Å². The molecule has 1 saturated heterocycles. The van der Waals surface area contributed by atoms with Crippen molar-refractivity contribution in [3.63, 3.8) is 0 Å². The molecule has 1 atom stereocenters. The van der Waals surface area contributed by atoms with Crippen LogP contribution in [0.5, 0.6) is 0 Å². The standard InChI is InChI=1S/C19H17N3O6/c23-17-9-13(20-18(24)14-6-2-3-7-15(14)19(25)26)11-21(17)10-12-5-1-4-8-16(12)22(27)28/h1-8,13H,9-11H2,(H,20,24)(H,25,26). The van der Waals surface area contributed by atoms with Crippen LogP contribution in [0.2, 0.25) is 0 Å². The number of nitro benzene ring substituents is 1. The normalized spacial score (nSPS) is 16.1. The van der Waals surface area contributed by atoms with Crippen LogP contribution in [0.1, 0.15) is 32.7 Å². The van der Waals surface area contributed by atoms with Gasteiger partial charge in [0.1, 0.15) is 0 Å². The smallest absolute Gasteiger partial charge is 0.336 e. The third kappa shape index (κ3) is 3.98. The number of hydrogen-bond donors (Lipinski definition) is 2. The van der Waals surface area contributed by atoms with Gasteiger partial charge < -0.3 is 15.3 Å². The minimum Gasteiger partial charge on any atom is -0.478 e. The van der Waals surface area contributed by atoms with Crippen molar-refractivity contribution >= 4 is 23.5 Å². The predicted octanol–water partition coefficient (Wildman–Crippen LogP) is 1.82. The summed E-state index contributed by atoms with van der Waals surface area (Å²) in [5.41, 5.74) is 0.225. The zero-order valence-corrected chi connectivity index (χ0v) is 14.7. The van der Waals surface area contributed by atoms with Gasteiger partial charge in [-0.2, -0.15) is 0 Å². The van der Waals surface area contributed by atoms with Gasteiger partial charge in [-0.15, -0.1) is 0 Å². The van der Waals surface area contributed by atoms with Crippen molar-refractivity contribution < 1.29 is 24.4 Å². The van der Waals surface area contributed by atoms with E-state index in [0.717, 1.165) is 0 Å². The van der Waals surface area contributed by atoms with Crippen LogP contribution in [0.3, 0.4) is 0 Å². The van der Waals surface area contributed by atoms with Crippen molar-refractivity contribution in [2.75, 3.05) is 6.54 Å². The summed E-state index contributed by atoms with van der Waals surface area (Å²) >= 11 is 0. The monoisotopic (exact) mass is 383 g/mol. The van der Waals surface area contributed by atoms with E-state index in [-0.39, 0.29) is 42.2 Å². The molecule has 2 aromatic carbocycles. The third-order valence-corrected chi connectivity index (χ3v) is 4.50. The van der Waals surface area contributed by atoms with Crippen LogP contribution in [0, 0.1) is 10.1 Å². The number of nitrogens with one attached hydrogen (secondary N) is 1. The van der Waals surface area contributed by atoms with Gasteiger partial charge in [-0.25, -0.2) is 4.79 Å². The Morgan fingerprint density at radius 3 is 2.46 bits per heavy atom. The molecule has 2 aromatic rings. The Hall–Kier alpha value is -3.75. The summed E-state index contributed by atoms with van der Waals surface area (Å²) in [6.07, 6.45) is 0.0433. The van der Waals surface area contributed by atoms with Gasteiger partial charge in [-0.05, 0) is 12.1 Å². The van der Waals surface area contributed by atoms with Gasteiger partial charge in [0.15, 0.2) is 0 Å². The molecule has 1 aliphatic rings. The van der Waals surface area contributed by atoms with Crippen molar-refractivity contribution in [3.05, 3.63) is 75.3 Å². The molecule has 0 bridgehead atoms. The van der Waals surface area contributed by atoms with E-state index in [4.69, 9.17) is 0 Å². The van der Waals surface area contributed by atoms with Gasteiger partial charge >= 0.3 is 5.97 Å². The lowest BCUT2D eigenvalue weighted by atomic mass is 10.1. The summed E-state index contributed by atoms with van der Waals surface area (Å²) in [5, 5.41) is 23.0. The molecule has 28 heavy (non-hydrogen) atoms. The van der Waals surface area contributed by atoms with E-state index in [1.54, 1.807) is 24.3 Å². The number of benzene rings is 2. The Morgan fingerprint density at radius 1 is 1.14 bits per heavy atom. The molecule has 1 aliphatic heterocycles. The number of carboxylic acids is 1. The van der Waals surface area contributed by atoms with E-state index in [1.165, 1.54) is 29.2 Å². The van der Waals surface area contributed by atoms with Crippen LogP contribution in [0.25, 0.3) is 0 Å². The van der Waals surface area contributed by atoms with Gasteiger partial charge in [-0.3, -0.25) is 19.7 Å². The molecule has 0 radical (unpaired) electrons. The number of aromatic carboxylic acids is 1. The fraction of sp³-hybridized carbons (Fsp3) is 0.211. The molecule has 2 N–H and O–H groups in total. The Morgan fingerprint density at radius 2 is 1.79 bits per heavy atom. The molecular formula is C19H17N3O6. The van der Waals surface area contributed by atoms with Gasteiger partial charge in [-0.1, -0.05) is 30.3 Å². The first-order valence-electron chi connectivity index (χ1n) is 8.50. The SMILES string of the molecule is O=C(O)c1ccccc1C(=O)NC1CC(=O)N(Cc2ccccc2[N+](=O)[O-])C1. The number of rotatable bonds is 6. The van der Waals surface area contributed by atoms with Crippen LogP contribution < -0.4 is 5.32 Å². The number of carboxylic acid groups (broad SMARTS) is 1. The lowest BCUT2D eigenvalue weighted by Crippen LogP contribution is -2.37. The highest BCUT2D eigenvalue weighted by atomic mass is 16.6. The highest BCUT2D eigenvalue weighted by Gasteiger charge is 2.32. The van der Waals surface area contributed by atoms with Crippen LogP contribution in [0.4, 0.5) is 5.69 Å². The van der Waals surface area contributed by atoms with Crippen molar-refractivity contribution in [1.29, 1.82) is 0 Å². The van der Waals surface area contributed by atoms with Gasteiger partial charge in [0.05, 0.1) is 28.6 Å². The molecule has 1 unspecified atom stereocenters. The Labute approximate surface area is 159 Å². The van der Waals surface area contributed by atoms with Crippen LogP contribution in [0.15, 0.2) is 48.5 Å². The second-order valence-electron chi connectivity index (χ2n) is 6.39. The zero-order chi connectivity index (χ0) is 20.3. The van der Waals surface area contributed by atoms with E-state index in [0.29, 0.717) is 5.56 Å². The molecule has 9 heteroatoms. The number of para-hydroxylation sites is 1. The van der Waals surface area contributed by atoms with Crippen molar-refractivity contribution in [2.24, 2.45) is 0 Å². The summed E-state index contributed by atoms with van der Waals surface area (Å²) in [6.45, 7) is 0.250. The molecular weight excluding hydrogens is 366 g/mol. The molecule has 0 aliphatic carbocycles. The fourth-order valence-electron chi connectivity index (χ4n) is 3.18. The number of likely N-dealkylation sites (tertiary alicyclic amines) is 1. The average Bonchev–Trinajstić information content (AvgIpc) is 3.00. The molecule has 0 spiro atoms. The first-order chi connectivity index (χ1) is 13.4. The Bertz CT molecular complexity index is 958. The van der Waals surface area contributed by atoms with E-state index < -0.39 is 22.8 Å². The maximum absolute atomic E-state index is 12.4. The first kappa shape index (κ1) is 19.0. The number of nitrogens with zero attached hydrogens (tertiary/aromatic N) is 2. The maximum atomic E-state index is 12.4. The topological polar surface area (TPSA) is 130 Å². The van der Waals surface area contributed by atoms with E-state index in [2.05, 4.69) is 5.32 Å². The van der Waals surface area contributed by atoms with Crippen molar-refractivity contribution in [3.8, 4) is 0 Å². The fourth-order valence-corrected chi connectivity index (χ4v) is 3.18. The van der Waals surface area contributed by atoms with Crippen LogP contribution in [-0.4, -0.2) is 45.3 Å². The quantitative estimate of drug-likeness (QED) is 0.578. The maximum Gasteiger partial charge on any atom is 0.336 e. The molecule has 0 aromatic heterocycles. The number of hydrogen-bond acceptors (Lipinski definition) is 5. The third-order valence-electron chi connectivity index (χ3n) is 4.50. The molecule has 1 fully saturated rings. The minimum absolute atomic E-state index is 0.0135. The Kier molecular flexibility index (Phi) is 5.35. The second kappa shape index (κ2) is 7.87. The van der Waals surface area contributed by atoms with Crippen LogP contribution in [-0.2, 0) is 11.3 Å². The van der Waals surface area contributed by atoms with Gasteiger partial charge in [0, 0.05) is 24.6 Å². The highest BCUT2D eigenvalue weighted by Crippen LogP contribution is 2.22. The van der Waals surface area contributed by atoms with Crippen molar-refractivity contribution in [1.82, 2.24) is 10.2 Å². The minimum atomic E-state index is -1.22. The molecule has 144 valence electrons. The molecule has 9 nitrogen and oxygen atoms in total. The second-order valence-corrected chi connectivity index (χ2v) is 6.39. The summed E-state index contributed by atoms with van der Waals surface area (Å²) < 4.78 is 0. The highest BCUT2D eigenvalue weighted by molar-refractivity contribution is 6.05. The van der Waals surface area contributed by atoms with Crippen molar-refractivity contribution in [2.45, 2.75) is 19.0 Å². The summed E-state index contributed by atoms with van der Waals surface area (Å²) in [7, 11) is 0. The largest absolute Gasteiger partial charge is 0.478 e. The molecule has 1 heterocycles. The first-order valence-corrected chi connectivity index (χ1v) is 8.50. The van der Waals surface area contributed by atoms with Gasteiger partial charge in [0.25, 0.3) is 11.6 Å². The Balaban J connectivity index is 1.70. The number of carbonyl (C=O) groups is 3. The lowest BCUT2D eigenvalue weighted by Gasteiger charge is -2.17. The summed E-state index contributed by atoms with van der Waals surface area (Å²) in [6, 6.07) is 11.5. The number of amides is 2. The zero-order valence-electron chi connectivity index (χ0n) is 14.7. The van der Waals surface area contributed by atoms with Crippen LogP contribution >= 0.6 is 0 Å². The van der Waals surface area contributed by atoms with E-state index >= 15 is 0 Å². The number of nitro groups is 1. The predicted molar refractivity (Wildman–Crippen MR) is 97.8 cm³/mol.